The summed E-state index contributed by atoms with van der Waals surface area (Å²) in [6.45, 7) is 5.41. The molecule has 6 nitrogen and oxygen atoms in total. The van der Waals surface area contributed by atoms with Crippen LogP contribution in [-0.4, -0.2) is 27.6 Å². The Labute approximate surface area is 109 Å². The lowest BCUT2D eigenvalue weighted by Gasteiger charge is -2.24. The van der Waals surface area contributed by atoms with Crippen molar-refractivity contribution in [3.05, 3.63) is 16.1 Å². The third-order valence-electron chi connectivity index (χ3n) is 2.64. The van der Waals surface area contributed by atoms with Crippen LogP contribution in [0.1, 0.15) is 30.2 Å². The first-order chi connectivity index (χ1) is 8.37. The van der Waals surface area contributed by atoms with Gasteiger partial charge in [0.1, 0.15) is 10.5 Å². The molecule has 1 unspecified atom stereocenters. The molecule has 0 aromatic carbocycles. The maximum absolute atomic E-state index is 11.6. The van der Waals surface area contributed by atoms with Crippen LogP contribution in [0, 0.1) is 6.92 Å². The van der Waals surface area contributed by atoms with E-state index in [2.05, 4.69) is 15.6 Å². The maximum atomic E-state index is 11.6. The van der Waals surface area contributed by atoms with Gasteiger partial charge in [0.15, 0.2) is 0 Å². The molecule has 0 fully saturated rings. The molecule has 3 N–H and O–H groups in total. The molecular formula is C11H17N3O3S. The predicted molar refractivity (Wildman–Crippen MR) is 68.6 cm³/mol. The smallest absolute Gasteiger partial charge is 0.329 e. The first-order valence-corrected chi connectivity index (χ1v) is 6.39. The Morgan fingerprint density at radius 1 is 1.56 bits per heavy atom. The molecule has 1 rings (SSSR count). The van der Waals surface area contributed by atoms with Gasteiger partial charge in [-0.15, -0.1) is 11.3 Å². The van der Waals surface area contributed by atoms with Crippen molar-refractivity contribution in [2.24, 2.45) is 0 Å². The van der Waals surface area contributed by atoms with E-state index in [1.165, 1.54) is 18.3 Å². The van der Waals surface area contributed by atoms with Crippen LogP contribution in [-0.2, 0) is 11.3 Å². The highest BCUT2D eigenvalue weighted by Gasteiger charge is 2.32. The van der Waals surface area contributed by atoms with Gasteiger partial charge in [-0.05, 0) is 20.3 Å². The molecule has 0 radical (unpaired) electrons. The minimum Gasteiger partial charge on any atom is -0.480 e. The van der Waals surface area contributed by atoms with Gasteiger partial charge in [0.2, 0.25) is 0 Å². The molecule has 1 aromatic rings. The molecule has 0 aliphatic carbocycles. The molecule has 0 saturated carbocycles. The number of carboxylic acids is 1. The number of aryl methyl sites for hydroxylation is 1. The highest BCUT2D eigenvalue weighted by atomic mass is 32.1. The minimum absolute atomic E-state index is 0.295. The number of carboxylic acid groups (broad SMARTS) is 1. The SMILES string of the molecule is CCC(C)(NC(=O)NCc1ncc(C)s1)C(=O)O. The summed E-state index contributed by atoms with van der Waals surface area (Å²) >= 11 is 1.49. The second-order valence-electron chi connectivity index (χ2n) is 4.16. The van der Waals surface area contributed by atoms with Gasteiger partial charge in [0, 0.05) is 11.1 Å². The molecule has 0 aliphatic rings. The summed E-state index contributed by atoms with van der Waals surface area (Å²) < 4.78 is 0. The van der Waals surface area contributed by atoms with Crippen LogP contribution >= 0.6 is 11.3 Å². The number of amides is 2. The fraction of sp³-hybridized carbons (Fsp3) is 0.545. The van der Waals surface area contributed by atoms with E-state index in [1.54, 1.807) is 13.1 Å². The summed E-state index contributed by atoms with van der Waals surface area (Å²) in [7, 11) is 0. The van der Waals surface area contributed by atoms with E-state index in [-0.39, 0.29) is 0 Å². The molecule has 1 heterocycles. The Morgan fingerprint density at radius 3 is 2.67 bits per heavy atom. The van der Waals surface area contributed by atoms with E-state index in [0.29, 0.717) is 13.0 Å². The van der Waals surface area contributed by atoms with E-state index < -0.39 is 17.5 Å². The first kappa shape index (κ1) is 14.4. The number of carbonyl (C=O) groups is 2. The first-order valence-electron chi connectivity index (χ1n) is 5.58. The van der Waals surface area contributed by atoms with Crippen LogP contribution in [0.25, 0.3) is 0 Å². The highest BCUT2D eigenvalue weighted by molar-refractivity contribution is 7.11. The van der Waals surface area contributed by atoms with Crippen LogP contribution in [0.4, 0.5) is 4.79 Å². The quantitative estimate of drug-likeness (QED) is 0.757. The van der Waals surface area contributed by atoms with Crippen molar-refractivity contribution < 1.29 is 14.7 Å². The molecule has 0 bridgehead atoms. The van der Waals surface area contributed by atoms with E-state index in [0.717, 1.165) is 9.88 Å². The van der Waals surface area contributed by atoms with Gasteiger partial charge < -0.3 is 15.7 Å². The Hall–Kier alpha value is -1.63. The normalized spacial score (nSPS) is 13.7. The van der Waals surface area contributed by atoms with Gasteiger partial charge in [-0.3, -0.25) is 0 Å². The van der Waals surface area contributed by atoms with Crippen molar-refractivity contribution in [1.82, 2.24) is 15.6 Å². The zero-order valence-corrected chi connectivity index (χ0v) is 11.4. The number of carbonyl (C=O) groups excluding carboxylic acids is 1. The zero-order chi connectivity index (χ0) is 13.8. The number of hydrogen-bond acceptors (Lipinski definition) is 4. The lowest BCUT2D eigenvalue weighted by atomic mass is 10.00. The Balaban J connectivity index is 2.49. The number of nitrogens with one attached hydrogen (secondary N) is 2. The van der Waals surface area contributed by atoms with Crippen molar-refractivity contribution in [1.29, 1.82) is 0 Å². The van der Waals surface area contributed by atoms with Gasteiger partial charge in [-0.1, -0.05) is 6.92 Å². The maximum Gasteiger partial charge on any atom is 0.329 e. The Bertz CT molecular complexity index is 446. The zero-order valence-electron chi connectivity index (χ0n) is 10.6. The number of aromatic nitrogens is 1. The van der Waals surface area contributed by atoms with Gasteiger partial charge in [-0.25, -0.2) is 14.6 Å². The number of urea groups is 1. The van der Waals surface area contributed by atoms with Crippen LogP contribution in [0.5, 0.6) is 0 Å². The average molecular weight is 271 g/mol. The van der Waals surface area contributed by atoms with Crippen LogP contribution in [0.2, 0.25) is 0 Å². The summed E-state index contributed by atoms with van der Waals surface area (Å²) in [5.74, 6) is -1.05. The fourth-order valence-electron chi connectivity index (χ4n) is 1.23. The molecule has 7 heteroatoms. The average Bonchev–Trinajstić information content (AvgIpc) is 2.72. The highest BCUT2D eigenvalue weighted by Crippen LogP contribution is 2.11. The fourth-order valence-corrected chi connectivity index (χ4v) is 1.95. The number of nitrogens with zero attached hydrogens (tertiary/aromatic N) is 1. The summed E-state index contributed by atoms with van der Waals surface area (Å²) in [5, 5.41) is 14.8. The largest absolute Gasteiger partial charge is 0.480 e. The van der Waals surface area contributed by atoms with Crippen LogP contribution in [0.15, 0.2) is 6.20 Å². The molecule has 1 aromatic heterocycles. The number of thiazole rings is 1. The van der Waals surface area contributed by atoms with Crippen LogP contribution < -0.4 is 10.6 Å². The summed E-state index contributed by atoms with van der Waals surface area (Å²) in [6.07, 6.45) is 2.04. The van der Waals surface area contributed by atoms with E-state index in [9.17, 15) is 9.59 Å². The van der Waals surface area contributed by atoms with E-state index >= 15 is 0 Å². The van der Waals surface area contributed by atoms with Gasteiger partial charge in [0.25, 0.3) is 0 Å². The molecule has 100 valence electrons. The summed E-state index contributed by atoms with van der Waals surface area (Å²) in [4.78, 5) is 27.8. The minimum atomic E-state index is -1.25. The molecule has 1 atom stereocenters. The molecule has 0 spiro atoms. The van der Waals surface area contributed by atoms with E-state index in [4.69, 9.17) is 5.11 Å². The van der Waals surface area contributed by atoms with Crippen molar-refractivity contribution in [2.75, 3.05) is 0 Å². The van der Waals surface area contributed by atoms with Crippen LogP contribution in [0.3, 0.4) is 0 Å². The van der Waals surface area contributed by atoms with Crippen molar-refractivity contribution in [3.63, 3.8) is 0 Å². The third-order valence-corrected chi connectivity index (χ3v) is 3.55. The number of hydrogen-bond donors (Lipinski definition) is 3. The van der Waals surface area contributed by atoms with Gasteiger partial charge >= 0.3 is 12.0 Å². The monoisotopic (exact) mass is 271 g/mol. The predicted octanol–water partition coefficient (Wildman–Crippen LogP) is 1.50. The molecule has 0 saturated heterocycles. The standard InChI is InChI=1S/C11H17N3O3S/c1-4-11(3,9(15)16)14-10(17)13-6-8-12-5-7(2)18-8/h5H,4,6H2,1-3H3,(H,15,16)(H2,13,14,17). The molecular weight excluding hydrogens is 254 g/mol. The topological polar surface area (TPSA) is 91.3 Å². The second kappa shape index (κ2) is 5.81. The van der Waals surface area contributed by atoms with Crippen molar-refractivity contribution in [3.8, 4) is 0 Å². The Morgan fingerprint density at radius 2 is 2.22 bits per heavy atom. The summed E-state index contributed by atoms with van der Waals surface area (Å²) in [6, 6.07) is -0.505. The van der Waals surface area contributed by atoms with E-state index in [1.807, 2.05) is 6.92 Å². The third kappa shape index (κ3) is 3.69. The van der Waals surface area contributed by atoms with Gasteiger partial charge in [-0.2, -0.15) is 0 Å². The summed E-state index contributed by atoms with van der Waals surface area (Å²) in [5.41, 5.74) is -1.25. The Kier molecular flexibility index (Phi) is 4.66. The second-order valence-corrected chi connectivity index (χ2v) is 5.48. The van der Waals surface area contributed by atoms with Gasteiger partial charge in [0.05, 0.1) is 6.54 Å². The number of aliphatic carboxylic acids is 1. The lowest BCUT2D eigenvalue weighted by Crippen LogP contribution is -2.54. The molecule has 2 amide bonds. The lowest BCUT2D eigenvalue weighted by molar-refractivity contribution is -0.143. The van der Waals surface area contributed by atoms with Crippen molar-refractivity contribution >= 4 is 23.3 Å². The van der Waals surface area contributed by atoms with Crippen molar-refractivity contribution in [2.45, 2.75) is 39.3 Å². The molecule has 0 aliphatic heterocycles. The number of rotatable bonds is 5. The molecule has 18 heavy (non-hydrogen) atoms.